The molecule has 3 heterocycles. The van der Waals surface area contributed by atoms with Gasteiger partial charge in [-0.2, -0.15) is 0 Å². The third-order valence-corrected chi connectivity index (χ3v) is 3.01. The summed E-state index contributed by atoms with van der Waals surface area (Å²) in [5.41, 5.74) is 7.83. The summed E-state index contributed by atoms with van der Waals surface area (Å²) in [6.07, 6.45) is 5.14. The predicted octanol–water partition coefficient (Wildman–Crippen LogP) is 1.34. The number of carbonyl (C=O) groups excluding carboxylic acids is 1. The molecule has 0 bridgehead atoms. The number of anilines is 2. The minimum Gasteiger partial charge on any atom is -0.478 e. The molecule has 0 spiro atoms. The molecule has 0 aliphatic rings. The first-order chi connectivity index (χ1) is 10.6. The van der Waals surface area contributed by atoms with E-state index >= 15 is 0 Å². The molecule has 112 valence electrons. The Labute approximate surface area is 126 Å². The second-order valence-corrected chi connectivity index (χ2v) is 4.64. The largest absolute Gasteiger partial charge is 0.478 e. The Balaban J connectivity index is 2.02. The number of nitrogens with zero attached hydrogens (tertiary/aromatic N) is 4. The molecule has 8 nitrogen and oxygen atoms in total. The fourth-order valence-electron chi connectivity index (χ4n) is 2.05. The molecule has 0 aromatic carbocycles. The number of nitrogen functional groups attached to an aromatic ring is 1. The Morgan fingerprint density at radius 3 is 2.86 bits per heavy atom. The topological polar surface area (TPSA) is 107 Å². The van der Waals surface area contributed by atoms with E-state index in [1.807, 2.05) is 18.3 Å². The van der Waals surface area contributed by atoms with Crippen LogP contribution < -0.4 is 15.8 Å². The molecule has 8 heteroatoms. The number of imidazole rings is 1. The first kappa shape index (κ1) is 13.8. The maximum Gasteiger partial charge on any atom is 0.257 e. The van der Waals surface area contributed by atoms with Crippen LogP contribution in [-0.4, -0.2) is 32.4 Å². The SMILES string of the molecule is COc1nc(-c2ccc3nc(NC(C)=O)cn3c2)cnc1N. The Morgan fingerprint density at radius 1 is 1.32 bits per heavy atom. The van der Waals surface area contributed by atoms with Gasteiger partial charge in [0, 0.05) is 18.7 Å². The molecular formula is C14H14N6O2. The van der Waals surface area contributed by atoms with Crippen LogP contribution in [-0.2, 0) is 4.79 Å². The van der Waals surface area contributed by atoms with E-state index in [0.717, 1.165) is 5.56 Å². The summed E-state index contributed by atoms with van der Waals surface area (Å²) >= 11 is 0. The fraction of sp³-hybridized carbons (Fsp3) is 0.143. The third kappa shape index (κ3) is 2.53. The van der Waals surface area contributed by atoms with E-state index in [4.69, 9.17) is 10.5 Å². The standard InChI is InChI=1S/C14H14N6O2/c1-8(21)17-11-7-20-6-9(3-4-12(20)19-11)10-5-16-13(15)14(18-10)22-2/h3-7H,1-2H3,(H2,15,16)(H,17,21). The van der Waals surface area contributed by atoms with Gasteiger partial charge in [0.05, 0.1) is 25.2 Å². The Bertz CT molecular complexity index is 858. The minimum absolute atomic E-state index is 0.169. The molecule has 22 heavy (non-hydrogen) atoms. The van der Waals surface area contributed by atoms with Crippen molar-refractivity contribution in [3.63, 3.8) is 0 Å². The lowest BCUT2D eigenvalue weighted by Crippen LogP contribution is -2.05. The molecular weight excluding hydrogens is 284 g/mol. The van der Waals surface area contributed by atoms with Gasteiger partial charge in [0.1, 0.15) is 5.65 Å². The normalized spacial score (nSPS) is 10.6. The Kier molecular flexibility index (Phi) is 3.34. The fourth-order valence-corrected chi connectivity index (χ4v) is 2.05. The Morgan fingerprint density at radius 2 is 2.14 bits per heavy atom. The predicted molar refractivity (Wildman–Crippen MR) is 81.5 cm³/mol. The van der Waals surface area contributed by atoms with Gasteiger partial charge in [0.25, 0.3) is 5.88 Å². The van der Waals surface area contributed by atoms with Crippen LogP contribution in [0.4, 0.5) is 11.6 Å². The van der Waals surface area contributed by atoms with Gasteiger partial charge < -0.3 is 20.2 Å². The van der Waals surface area contributed by atoms with Crippen LogP contribution in [0.2, 0.25) is 0 Å². The van der Waals surface area contributed by atoms with Gasteiger partial charge in [-0.15, -0.1) is 0 Å². The van der Waals surface area contributed by atoms with Crippen molar-refractivity contribution in [2.24, 2.45) is 0 Å². The quantitative estimate of drug-likeness (QED) is 0.755. The zero-order valence-corrected chi connectivity index (χ0v) is 12.1. The molecule has 0 aliphatic heterocycles. The highest BCUT2D eigenvalue weighted by molar-refractivity contribution is 5.87. The molecule has 0 atom stereocenters. The van der Waals surface area contributed by atoms with Crippen LogP contribution in [0.5, 0.6) is 5.88 Å². The van der Waals surface area contributed by atoms with Crippen molar-refractivity contribution in [1.29, 1.82) is 0 Å². The number of ether oxygens (including phenoxy) is 1. The summed E-state index contributed by atoms with van der Waals surface area (Å²) < 4.78 is 6.87. The molecule has 1 amide bonds. The summed E-state index contributed by atoms with van der Waals surface area (Å²) in [5.74, 6) is 0.841. The van der Waals surface area contributed by atoms with Gasteiger partial charge in [0.2, 0.25) is 5.91 Å². The van der Waals surface area contributed by atoms with E-state index in [0.29, 0.717) is 17.2 Å². The lowest BCUT2D eigenvalue weighted by molar-refractivity contribution is -0.114. The number of rotatable bonds is 3. The number of nitrogens with one attached hydrogen (secondary N) is 1. The summed E-state index contributed by atoms with van der Waals surface area (Å²) in [4.78, 5) is 23.7. The van der Waals surface area contributed by atoms with E-state index < -0.39 is 0 Å². The van der Waals surface area contributed by atoms with Crippen LogP contribution in [0, 0.1) is 0 Å². The average molecular weight is 298 g/mol. The average Bonchev–Trinajstić information content (AvgIpc) is 2.88. The molecule has 0 fully saturated rings. The number of aromatic nitrogens is 4. The summed E-state index contributed by atoms with van der Waals surface area (Å²) in [6, 6.07) is 3.69. The molecule has 3 rings (SSSR count). The molecule has 3 N–H and O–H groups in total. The van der Waals surface area contributed by atoms with Crippen LogP contribution in [0.1, 0.15) is 6.92 Å². The number of pyridine rings is 1. The van der Waals surface area contributed by atoms with Crippen LogP contribution in [0.15, 0.2) is 30.7 Å². The van der Waals surface area contributed by atoms with Gasteiger partial charge in [0.15, 0.2) is 11.6 Å². The highest BCUT2D eigenvalue weighted by Gasteiger charge is 2.09. The zero-order chi connectivity index (χ0) is 15.7. The lowest BCUT2D eigenvalue weighted by Gasteiger charge is -2.05. The number of carbonyl (C=O) groups is 1. The van der Waals surface area contributed by atoms with Crippen LogP contribution in [0.3, 0.4) is 0 Å². The van der Waals surface area contributed by atoms with E-state index in [1.165, 1.54) is 14.0 Å². The van der Waals surface area contributed by atoms with Gasteiger partial charge in [-0.05, 0) is 12.1 Å². The van der Waals surface area contributed by atoms with Crippen LogP contribution >= 0.6 is 0 Å². The van der Waals surface area contributed by atoms with Crippen molar-refractivity contribution >= 4 is 23.2 Å². The number of fused-ring (bicyclic) bond motifs is 1. The van der Waals surface area contributed by atoms with Crippen molar-refractivity contribution in [1.82, 2.24) is 19.4 Å². The van der Waals surface area contributed by atoms with Crippen molar-refractivity contribution < 1.29 is 9.53 Å². The van der Waals surface area contributed by atoms with Gasteiger partial charge in [-0.25, -0.2) is 15.0 Å². The van der Waals surface area contributed by atoms with Crippen molar-refractivity contribution in [3.05, 3.63) is 30.7 Å². The first-order valence-electron chi connectivity index (χ1n) is 6.50. The minimum atomic E-state index is -0.169. The molecule has 0 saturated carbocycles. The first-order valence-corrected chi connectivity index (χ1v) is 6.50. The highest BCUT2D eigenvalue weighted by Crippen LogP contribution is 2.23. The van der Waals surface area contributed by atoms with E-state index in [2.05, 4.69) is 20.3 Å². The van der Waals surface area contributed by atoms with E-state index in [-0.39, 0.29) is 17.6 Å². The second kappa shape index (κ2) is 5.32. The van der Waals surface area contributed by atoms with Crippen molar-refractivity contribution in [2.45, 2.75) is 6.92 Å². The number of nitrogens with two attached hydrogens (primary N) is 1. The number of hydrogen-bond acceptors (Lipinski definition) is 6. The molecule has 3 aromatic rings. The number of hydrogen-bond donors (Lipinski definition) is 2. The van der Waals surface area contributed by atoms with Crippen molar-refractivity contribution in [2.75, 3.05) is 18.2 Å². The zero-order valence-electron chi connectivity index (χ0n) is 12.1. The molecule has 3 aromatic heterocycles. The summed E-state index contributed by atoms with van der Waals surface area (Å²) in [5, 5.41) is 2.64. The Hall–Kier alpha value is -3.16. The van der Waals surface area contributed by atoms with Crippen molar-refractivity contribution in [3.8, 4) is 17.1 Å². The smallest absolute Gasteiger partial charge is 0.257 e. The van der Waals surface area contributed by atoms with Gasteiger partial charge in [-0.3, -0.25) is 4.79 Å². The second-order valence-electron chi connectivity index (χ2n) is 4.64. The lowest BCUT2D eigenvalue weighted by atomic mass is 10.2. The van der Waals surface area contributed by atoms with Gasteiger partial charge in [-0.1, -0.05) is 0 Å². The number of amides is 1. The monoisotopic (exact) mass is 298 g/mol. The molecule has 0 unspecified atom stereocenters. The van der Waals surface area contributed by atoms with Crippen LogP contribution in [0.25, 0.3) is 16.9 Å². The summed E-state index contributed by atoms with van der Waals surface area (Å²) in [6.45, 7) is 1.44. The maximum absolute atomic E-state index is 11.1. The molecule has 0 saturated heterocycles. The van der Waals surface area contributed by atoms with Gasteiger partial charge >= 0.3 is 0 Å². The summed E-state index contributed by atoms with van der Waals surface area (Å²) in [7, 11) is 1.49. The maximum atomic E-state index is 11.1. The third-order valence-electron chi connectivity index (χ3n) is 3.01. The molecule has 0 radical (unpaired) electrons. The highest BCUT2D eigenvalue weighted by atomic mass is 16.5. The molecule has 0 aliphatic carbocycles. The van der Waals surface area contributed by atoms with E-state index in [1.54, 1.807) is 16.8 Å². The number of methoxy groups -OCH3 is 1. The van der Waals surface area contributed by atoms with E-state index in [9.17, 15) is 4.79 Å².